The number of allylic oxidation sites excluding steroid dienone is 7. The number of hydrogen-bond acceptors (Lipinski definition) is 10. The molecule has 0 spiro atoms. The quantitative estimate of drug-likeness (QED) is 0.0195. The molecule has 8 unspecified atom stereocenters. The van der Waals surface area contributed by atoms with Crippen LogP contribution in [0.5, 0.6) is 0 Å². The van der Waals surface area contributed by atoms with E-state index >= 15 is 0 Å². The molecule has 0 radical (unpaired) electrons. The van der Waals surface area contributed by atoms with Gasteiger partial charge in [0.1, 0.15) is 24.4 Å². The van der Waals surface area contributed by atoms with E-state index in [1.165, 1.54) is 161 Å². The summed E-state index contributed by atoms with van der Waals surface area (Å²) in [4.78, 5) is 26.6. The van der Waals surface area contributed by atoms with E-state index in [0.717, 1.165) is 89.9 Å². The lowest BCUT2D eigenvalue weighted by atomic mass is 9.99. The van der Waals surface area contributed by atoms with Crippen LogP contribution in [0.25, 0.3) is 0 Å². The summed E-state index contributed by atoms with van der Waals surface area (Å²) >= 11 is 0. The van der Waals surface area contributed by atoms with E-state index in [-0.39, 0.29) is 13.0 Å². The fourth-order valence-corrected chi connectivity index (χ4v) is 10.1. The molecule has 1 saturated heterocycles. The van der Waals surface area contributed by atoms with Gasteiger partial charge in [-0.15, -0.1) is 0 Å². The van der Waals surface area contributed by atoms with Gasteiger partial charge >= 0.3 is 5.97 Å². The molecule has 450 valence electrons. The lowest BCUT2D eigenvalue weighted by Crippen LogP contribution is -2.61. The minimum atomic E-state index is -1.62. The summed E-state index contributed by atoms with van der Waals surface area (Å²) in [6.45, 7) is 5.77. The topological polar surface area (TPSA) is 175 Å². The Kier molecular flexibility index (Phi) is 51.1. The van der Waals surface area contributed by atoms with E-state index < -0.39 is 67.4 Å². The zero-order chi connectivity index (χ0) is 56.1. The first-order valence-electron chi connectivity index (χ1n) is 32.4. The largest absolute Gasteiger partial charge is 0.454 e. The van der Waals surface area contributed by atoms with Gasteiger partial charge in [-0.3, -0.25) is 9.59 Å². The fourth-order valence-electron chi connectivity index (χ4n) is 10.1. The highest BCUT2D eigenvalue weighted by Gasteiger charge is 2.47. The van der Waals surface area contributed by atoms with Crippen LogP contribution in [0.4, 0.5) is 0 Å². The molecule has 1 rings (SSSR count). The van der Waals surface area contributed by atoms with E-state index in [4.69, 9.17) is 14.2 Å². The number of hydrogen-bond donors (Lipinski definition) is 6. The van der Waals surface area contributed by atoms with Crippen LogP contribution in [0.1, 0.15) is 297 Å². The number of rotatable bonds is 55. The number of amides is 1. The van der Waals surface area contributed by atoms with Crippen molar-refractivity contribution in [2.24, 2.45) is 0 Å². The summed E-state index contributed by atoms with van der Waals surface area (Å²) < 4.78 is 17.6. The number of esters is 1. The smallest absolute Gasteiger partial charge is 0.306 e. The SMILES string of the molecule is CCCCC/C=C\C/C=C\C/C=C\CCCCCCCCC(=O)OC1C(OCC(NC(=O)C(O)CCCCCCCCCCCCCCCCCCCC)C(O)/C=C/CCCCCCCCCCC)OC(CO)C(O)C1O. The van der Waals surface area contributed by atoms with Crippen LogP contribution in [0.2, 0.25) is 0 Å². The van der Waals surface area contributed by atoms with Crippen molar-refractivity contribution in [3.05, 3.63) is 48.6 Å². The monoisotopic (exact) mass is 1090 g/mol. The standard InChI is InChI=1S/C66H121NO10/c1-4-7-10-13-16-19-22-24-26-28-30-32-34-36-39-42-45-48-51-54-61(71)77-64-63(73)62(72)60(55-68)76-66(64)75-56-57(58(69)52-49-46-43-40-37-21-18-15-12-9-6-3)67-65(74)59(70)53-50-47-44-41-38-35-33-31-29-27-25-23-20-17-14-11-8-5-2/h16,19,24,26,30,32,49,52,57-60,62-64,66,68-70,72-73H,4-15,17-18,20-23,25,27-29,31,33-48,50-51,53-56H2,1-3H3,(H,67,74)/b19-16-,26-24-,32-30-,52-49+. The summed E-state index contributed by atoms with van der Waals surface area (Å²) in [5.74, 6) is -1.20. The molecule has 77 heavy (non-hydrogen) atoms. The lowest BCUT2D eigenvalue weighted by Gasteiger charge is -2.41. The highest BCUT2D eigenvalue weighted by atomic mass is 16.7. The predicted octanol–water partition coefficient (Wildman–Crippen LogP) is 15.6. The van der Waals surface area contributed by atoms with Gasteiger partial charge in [-0.25, -0.2) is 0 Å². The Hall–Kier alpha value is -2.38. The minimum Gasteiger partial charge on any atom is -0.454 e. The maximum atomic E-state index is 13.4. The maximum absolute atomic E-state index is 13.4. The third kappa shape index (κ3) is 42.2. The van der Waals surface area contributed by atoms with Crippen molar-refractivity contribution < 1.29 is 49.3 Å². The molecule has 6 N–H and O–H groups in total. The number of aliphatic hydroxyl groups excluding tert-OH is 5. The third-order valence-corrected chi connectivity index (χ3v) is 15.2. The molecule has 11 nitrogen and oxygen atoms in total. The fraction of sp³-hybridized carbons (Fsp3) is 0.848. The zero-order valence-electron chi connectivity index (χ0n) is 49.8. The van der Waals surface area contributed by atoms with E-state index in [0.29, 0.717) is 19.3 Å². The van der Waals surface area contributed by atoms with Gasteiger partial charge in [0.25, 0.3) is 0 Å². The van der Waals surface area contributed by atoms with Crippen LogP contribution >= 0.6 is 0 Å². The summed E-state index contributed by atoms with van der Waals surface area (Å²) in [6.07, 6.45) is 55.7. The first-order chi connectivity index (χ1) is 37.7. The van der Waals surface area contributed by atoms with E-state index in [9.17, 15) is 35.1 Å². The highest BCUT2D eigenvalue weighted by molar-refractivity contribution is 5.80. The number of ether oxygens (including phenoxy) is 3. The molecule has 1 amide bonds. The Morgan fingerprint density at radius 3 is 1.36 bits per heavy atom. The van der Waals surface area contributed by atoms with Crippen LogP contribution in [-0.2, 0) is 23.8 Å². The predicted molar refractivity (Wildman–Crippen MR) is 320 cm³/mol. The number of nitrogens with one attached hydrogen (secondary N) is 1. The number of carbonyl (C=O) groups excluding carboxylic acids is 2. The van der Waals surface area contributed by atoms with Crippen molar-refractivity contribution in [3.63, 3.8) is 0 Å². The summed E-state index contributed by atoms with van der Waals surface area (Å²) in [5.41, 5.74) is 0. The summed E-state index contributed by atoms with van der Waals surface area (Å²) in [5, 5.41) is 57.0. The number of aliphatic hydroxyl groups is 5. The Balaban J connectivity index is 2.64. The van der Waals surface area contributed by atoms with Gasteiger partial charge in [0.15, 0.2) is 12.4 Å². The first kappa shape index (κ1) is 72.6. The van der Waals surface area contributed by atoms with Crippen LogP contribution in [0, 0.1) is 0 Å². The van der Waals surface area contributed by atoms with Crippen molar-refractivity contribution >= 4 is 11.9 Å². The van der Waals surface area contributed by atoms with Crippen molar-refractivity contribution in [3.8, 4) is 0 Å². The Bertz CT molecular complexity index is 1440. The lowest BCUT2D eigenvalue weighted by molar-refractivity contribution is -0.305. The van der Waals surface area contributed by atoms with Gasteiger partial charge in [-0.2, -0.15) is 0 Å². The molecule has 0 aliphatic carbocycles. The van der Waals surface area contributed by atoms with Crippen molar-refractivity contribution in [1.29, 1.82) is 0 Å². The van der Waals surface area contributed by atoms with E-state index in [1.807, 2.05) is 6.08 Å². The van der Waals surface area contributed by atoms with Crippen LogP contribution in [0.3, 0.4) is 0 Å². The normalized spacial score (nSPS) is 19.3. The molecule has 1 aliphatic rings. The minimum absolute atomic E-state index is 0.110. The Morgan fingerprint density at radius 1 is 0.506 bits per heavy atom. The second kappa shape index (κ2) is 54.2. The summed E-state index contributed by atoms with van der Waals surface area (Å²) in [7, 11) is 0. The van der Waals surface area contributed by atoms with E-state index in [2.05, 4.69) is 62.5 Å². The Labute approximate surface area is 472 Å². The van der Waals surface area contributed by atoms with E-state index in [1.54, 1.807) is 6.08 Å². The third-order valence-electron chi connectivity index (χ3n) is 15.2. The molecule has 1 heterocycles. The number of unbranched alkanes of at least 4 members (excludes halogenated alkanes) is 35. The van der Waals surface area contributed by atoms with Crippen molar-refractivity contribution in [2.75, 3.05) is 13.2 Å². The molecule has 11 heteroatoms. The van der Waals surface area contributed by atoms with Gasteiger partial charge in [0.05, 0.1) is 25.4 Å². The second-order valence-electron chi connectivity index (χ2n) is 22.5. The zero-order valence-corrected chi connectivity index (χ0v) is 49.8. The molecular formula is C66H121NO10. The molecule has 0 aromatic rings. The highest BCUT2D eigenvalue weighted by Crippen LogP contribution is 2.26. The second-order valence-corrected chi connectivity index (χ2v) is 22.5. The molecule has 0 aromatic heterocycles. The molecular weight excluding hydrogens is 967 g/mol. The van der Waals surface area contributed by atoms with Crippen molar-refractivity contribution in [2.45, 2.75) is 346 Å². The van der Waals surface area contributed by atoms with Gasteiger partial charge in [-0.1, -0.05) is 275 Å². The maximum Gasteiger partial charge on any atom is 0.306 e. The van der Waals surface area contributed by atoms with Crippen LogP contribution in [-0.4, -0.2) is 99.6 Å². The first-order valence-corrected chi connectivity index (χ1v) is 32.4. The van der Waals surface area contributed by atoms with Gasteiger partial charge in [0, 0.05) is 6.42 Å². The average Bonchev–Trinajstić information content (AvgIpc) is 3.43. The van der Waals surface area contributed by atoms with Crippen LogP contribution in [0.15, 0.2) is 48.6 Å². The van der Waals surface area contributed by atoms with Crippen molar-refractivity contribution in [1.82, 2.24) is 5.32 Å². The van der Waals surface area contributed by atoms with Gasteiger partial charge < -0.3 is 45.1 Å². The molecule has 8 atom stereocenters. The molecule has 0 saturated carbocycles. The Morgan fingerprint density at radius 2 is 0.896 bits per heavy atom. The van der Waals surface area contributed by atoms with Gasteiger partial charge in [0.2, 0.25) is 5.91 Å². The van der Waals surface area contributed by atoms with Gasteiger partial charge in [-0.05, 0) is 64.2 Å². The molecule has 0 aromatic carbocycles. The summed E-state index contributed by atoms with van der Waals surface area (Å²) in [6, 6.07) is -1.02. The molecule has 0 bridgehead atoms. The average molecular weight is 1090 g/mol. The van der Waals surface area contributed by atoms with Crippen LogP contribution < -0.4 is 5.32 Å². The molecule has 1 fully saturated rings. The molecule has 1 aliphatic heterocycles. The number of carbonyl (C=O) groups is 2.